The Morgan fingerprint density at radius 1 is 0.273 bits per heavy atom. The Balaban J connectivity index is 1.17. The van der Waals surface area contributed by atoms with Gasteiger partial charge in [-0.25, -0.2) is 24.9 Å². The first kappa shape index (κ1) is 32.5. The van der Waals surface area contributed by atoms with Crippen LogP contribution in [0.1, 0.15) is 0 Å². The molecule has 6 heteroatoms. The smallest absolute Gasteiger partial charge is 0.165 e. The summed E-state index contributed by atoms with van der Waals surface area (Å²) >= 11 is 1.69. The molecule has 3 heterocycles. The van der Waals surface area contributed by atoms with Crippen LogP contribution in [0.15, 0.2) is 188 Å². The van der Waals surface area contributed by atoms with Crippen molar-refractivity contribution in [2.75, 3.05) is 0 Å². The van der Waals surface area contributed by atoms with Gasteiger partial charge in [0.2, 0.25) is 0 Å². The average Bonchev–Trinajstić information content (AvgIpc) is 3.66. The first-order chi connectivity index (χ1) is 27.2. The molecule has 5 nitrogen and oxygen atoms in total. The third kappa shape index (κ3) is 6.24. The lowest BCUT2D eigenvalue weighted by Gasteiger charge is -2.09. The minimum Gasteiger partial charge on any atom is -0.226 e. The molecule has 0 N–H and O–H groups in total. The Labute approximate surface area is 322 Å². The third-order valence-corrected chi connectivity index (χ3v) is 11.0. The van der Waals surface area contributed by atoms with Gasteiger partial charge in [0.25, 0.3) is 0 Å². The minimum atomic E-state index is 0.614. The van der Waals surface area contributed by atoms with Gasteiger partial charge in [0, 0.05) is 37.9 Å². The molecule has 0 radical (unpaired) electrons. The van der Waals surface area contributed by atoms with Crippen LogP contribution in [0, 0.1) is 0 Å². The van der Waals surface area contributed by atoms with Crippen LogP contribution in [-0.2, 0) is 0 Å². The molecule has 258 valence electrons. The van der Waals surface area contributed by atoms with E-state index < -0.39 is 0 Å². The zero-order chi connectivity index (χ0) is 36.6. The van der Waals surface area contributed by atoms with Gasteiger partial charge in [0.15, 0.2) is 23.3 Å². The maximum absolute atomic E-state index is 5.31. The minimum absolute atomic E-state index is 0.614. The van der Waals surface area contributed by atoms with E-state index in [0.29, 0.717) is 23.3 Å². The number of benzene rings is 7. The van der Waals surface area contributed by atoms with E-state index in [1.165, 1.54) is 11.1 Å². The Morgan fingerprint density at radius 2 is 0.673 bits per heavy atom. The number of rotatable bonds is 7. The Kier molecular flexibility index (Phi) is 8.28. The van der Waals surface area contributed by atoms with Crippen LogP contribution >= 0.6 is 11.3 Å². The van der Waals surface area contributed by atoms with Gasteiger partial charge >= 0.3 is 0 Å². The van der Waals surface area contributed by atoms with Gasteiger partial charge in [-0.2, -0.15) is 0 Å². The van der Waals surface area contributed by atoms with Gasteiger partial charge in [0.05, 0.1) is 15.9 Å². The number of thiophene rings is 1. The summed E-state index contributed by atoms with van der Waals surface area (Å²) in [6, 6.07) is 64.6. The molecule has 3 aromatic heterocycles. The molecule has 0 aliphatic rings. The molecule has 0 aliphatic heterocycles. The van der Waals surface area contributed by atoms with Gasteiger partial charge in [-0.05, 0) is 28.3 Å². The maximum atomic E-state index is 5.31. The van der Waals surface area contributed by atoms with E-state index in [0.717, 1.165) is 64.9 Å². The van der Waals surface area contributed by atoms with Crippen molar-refractivity contribution in [3.8, 4) is 79.1 Å². The lowest BCUT2D eigenvalue weighted by atomic mass is 10.0. The fourth-order valence-corrected chi connectivity index (χ4v) is 8.25. The Hall–Kier alpha value is -7.15. The zero-order valence-electron chi connectivity index (χ0n) is 29.5. The summed E-state index contributed by atoms with van der Waals surface area (Å²) in [5, 5.41) is 1.03. The van der Waals surface area contributed by atoms with E-state index in [2.05, 4.69) is 115 Å². The molecule has 10 aromatic rings. The SMILES string of the molecule is c1ccc(-c2ccc(-c3nc(-c4ccc(-c5ccccc5)cc4)c4sc5c(-c6nc(-c7ccccc7)nc(-c7ccccc7)n6)cccc5c4n3)cc2)cc1. The monoisotopic (exact) mass is 721 g/mol. The van der Waals surface area contributed by atoms with Crippen molar-refractivity contribution in [1.82, 2.24) is 24.9 Å². The van der Waals surface area contributed by atoms with E-state index in [1.54, 1.807) is 11.3 Å². The number of aromatic nitrogens is 5. The summed E-state index contributed by atoms with van der Waals surface area (Å²) in [6.45, 7) is 0. The number of hydrogen-bond acceptors (Lipinski definition) is 6. The summed E-state index contributed by atoms with van der Waals surface area (Å²) < 4.78 is 2.06. The van der Waals surface area contributed by atoms with E-state index in [1.807, 2.05) is 72.8 Å². The van der Waals surface area contributed by atoms with Crippen LogP contribution in [0.3, 0.4) is 0 Å². The molecule has 7 aromatic carbocycles. The molecule has 0 aliphatic carbocycles. The molecule has 0 spiro atoms. The average molecular weight is 722 g/mol. The van der Waals surface area contributed by atoms with Crippen molar-refractivity contribution in [2.24, 2.45) is 0 Å². The van der Waals surface area contributed by atoms with Crippen molar-refractivity contribution >= 4 is 31.6 Å². The quantitative estimate of drug-likeness (QED) is 0.164. The molecule has 0 amide bonds. The van der Waals surface area contributed by atoms with E-state index in [-0.39, 0.29) is 0 Å². The van der Waals surface area contributed by atoms with Gasteiger partial charge in [-0.3, -0.25) is 0 Å². The van der Waals surface area contributed by atoms with Gasteiger partial charge < -0.3 is 0 Å². The molecule has 55 heavy (non-hydrogen) atoms. The summed E-state index contributed by atoms with van der Waals surface area (Å²) in [5.74, 6) is 2.55. The van der Waals surface area contributed by atoms with E-state index >= 15 is 0 Å². The van der Waals surface area contributed by atoms with Crippen LogP contribution in [-0.4, -0.2) is 24.9 Å². The first-order valence-corrected chi connectivity index (χ1v) is 19.0. The highest BCUT2D eigenvalue weighted by Gasteiger charge is 2.21. The second kappa shape index (κ2) is 14.0. The highest BCUT2D eigenvalue weighted by atomic mass is 32.1. The normalized spacial score (nSPS) is 11.3. The van der Waals surface area contributed by atoms with Crippen molar-refractivity contribution in [3.63, 3.8) is 0 Å². The molecule has 0 fully saturated rings. The van der Waals surface area contributed by atoms with E-state index in [4.69, 9.17) is 24.9 Å². The molecular weight excluding hydrogens is 691 g/mol. The van der Waals surface area contributed by atoms with Crippen molar-refractivity contribution in [2.45, 2.75) is 0 Å². The standard InChI is InChI=1S/C49H31N5S/c1-5-14-32(15-6-1)34-24-28-36(29-25-34)42-45-43(51-46(50-42)39-30-26-35(27-31-39)33-16-7-2-8-17-33)40-22-13-23-41(44(40)55-45)49-53-47(37-18-9-3-10-19-37)52-48(54-49)38-20-11-4-12-21-38/h1-31H. The van der Waals surface area contributed by atoms with Crippen molar-refractivity contribution in [1.29, 1.82) is 0 Å². The summed E-state index contributed by atoms with van der Waals surface area (Å²) in [5.41, 5.74) is 11.2. The molecule has 0 unspecified atom stereocenters. The number of nitrogens with zero attached hydrogens (tertiary/aromatic N) is 5. The van der Waals surface area contributed by atoms with E-state index in [9.17, 15) is 0 Å². The fourth-order valence-electron chi connectivity index (χ4n) is 6.99. The van der Waals surface area contributed by atoms with Crippen LogP contribution < -0.4 is 0 Å². The predicted molar refractivity (Wildman–Crippen MR) is 226 cm³/mol. The molecular formula is C49H31N5S. The summed E-state index contributed by atoms with van der Waals surface area (Å²) in [7, 11) is 0. The van der Waals surface area contributed by atoms with Gasteiger partial charge in [-0.1, -0.05) is 182 Å². The first-order valence-electron chi connectivity index (χ1n) is 18.2. The Morgan fingerprint density at radius 3 is 1.20 bits per heavy atom. The van der Waals surface area contributed by atoms with Crippen molar-refractivity contribution < 1.29 is 0 Å². The van der Waals surface area contributed by atoms with Gasteiger partial charge in [0.1, 0.15) is 0 Å². The molecule has 0 atom stereocenters. The zero-order valence-corrected chi connectivity index (χ0v) is 30.4. The van der Waals surface area contributed by atoms with Crippen LogP contribution in [0.25, 0.3) is 99.4 Å². The van der Waals surface area contributed by atoms with Crippen LogP contribution in [0.5, 0.6) is 0 Å². The predicted octanol–water partition coefficient (Wildman–Crippen LogP) is 12.7. The van der Waals surface area contributed by atoms with Crippen LogP contribution in [0.2, 0.25) is 0 Å². The molecule has 0 saturated carbocycles. The maximum Gasteiger partial charge on any atom is 0.165 e. The topological polar surface area (TPSA) is 64.5 Å². The summed E-state index contributed by atoms with van der Waals surface area (Å²) in [4.78, 5) is 25.7. The third-order valence-electron chi connectivity index (χ3n) is 9.80. The Bertz CT molecular complexity index is 2870. The lowest BCUT2D eigenvalue weighted by Crippen LogP contribution is -2.00. The second-order valence-corrected chi connectivity index (χ2v) is 14.3. The molecule has 0 bridgehead atoms. The highest BCUT2D eigenvalue weighted by molar-refractivity contribution is 7.26. The van der Waals surface area contributed by atoms with Crippen LogP contribution in [0.4, 0.5) is 0 Å². The number of hydrogen-bond donors (Lipinski definition) is 0. The highest BCUT2D eigenvalue weighted by Crippen LogP contribution is 2.43. The second-order valence-electron chi connectivity index (χ2n) is 13.3. The lowest BCUT2D eigenvalue weighted by molar-refractivity contribution is 1.08. The van der Waals surface area contributed by atoms with Gasteiger partial charge in [-0.15, -0.1) is 11.3 Å². The molecule has 0 saturated heterocycles. The fraction of sp³-hybridized carbons (Fsp3) is 0. The summed E-state index contributed by atoms with van der Waals surface area (Å²) in [6.07, 6.45) is 0. The molecule has 10 rings (SSSR count). The number of fused-ring (bicyclic) bond motifs is 3. The largest absolute Gasteiger partial charge is 0.226 e. The van der Waals surface area contributed by atoms with Crippen molar-refractivity contribution in [3.05, 3.63) is 188 Å².